The quantitative estimate of drug-likeness (QED) is 0.879. The number of phenols is 1. The van der Waals surface area contributed by atoms with Gasteiger partial charge in [0.15, 0.2) is 6.10 Å². The number of rotatable bonds is 4. The highest BCUT2D eigenvalue weighted by atomic mass is 79.9. The molecule has 0 aliphatic carbocycles. The highest BCUT2D eigenvalue weighted by Crippen LogP contribution is 2.23. The van der Waals surface area contributed by atoms with E-state index in [2.05, 4.69) is 15.9 Å². The lowest BCUT2D eigenvalue weighted by Gasteiger charge is -2.11. The van der Waals surface area contributed by atoms with E-state index >= 15 is 0 Å². The average Bonchev–Trinajstić information content (AvgIpc) is 2.16. The first kappa shape index (κ1) is 12.0. The van der Waals surface area contributed by atoms with Crippen LogP contribution in [0.15, 0.2) is 22.7 Å². The number of halogens is 1. The predicted molar refractivity (Wildman–Crippen MR) is 57.9 cm³/mol. The van der Waals surface area contributed by atoms with E-state index in [0.717, 1.165) is 4.47 Å². The second-order valence-electron chi connectivity index (χ2n) is 3.04. The van der Waals surface area contributed by atoms with Crippen LogP contribution in [-0.4, -0.2) is 29.4 Å². The third-order valence-corrected chi connectivity index (χ3v) is 2.51. The molecule has 0 aliphatic heterocycles. The average molecular weight is 275 g/mol. The predicted octanol–water partition coefficient (Wildman–Crippen LogP) is 1.80. The zero-order valence-corrected chi connectivity index (χ0v) is 9.69. The largest absolute Gasteiger partial charge is 0.508 e. The van der Waals surface area contributed by atoms with Crippen molar-refractivity contribution in [2.75, 3.05) is 7.11 Å². The van der Waals surface area contributed by atoms with Crippen molar-refractivity contribution >= 4 is 21.9 Å². The molecule has 1 rings (SSSR count). The molecule has 5 heteroatoms. The maximum Gasteiger partial charge on any atom is 0.333 e. The van der Waals surface area contributed by atoms with Gasteiger partial charge in [-0.1, -0.05) is 22.0 Å². The van der Waals surface area contributed by atoms with E-state index in [0.29, 0.717) is 5.56 Å². The third-order valence-electron chi connectivity index (χ3n) is 2.01. The van der Waals surface area contributed by atoms with Crippen molar-refractivity contribution in [2.45, 2.75) is 12.5 Å². The van der Waals surface area contributed by atoms with Crippen LogP contribution < -0.4 is 0 Å². The number of hydrogen-bond donors (Lipinski definition) is 2. The molecule has 0 saturated heterocycles. The monoisotopic (exact) mass is 274 g/mol. The van der Waals surface area contributed by atoms with Crippen molar-refractivity contribution in [3.63, 3.8) is 0 Å². The lowest BCUT2D eigenvalue weighted by Crippen LogP contribution is -2.24. The van der Waals surface area contributed by atoms with Crippen LogP contribution in [0.3, 0.4) is 0 Å². The minimum absolute atomic E-state index is 0.0627. The van der Waals surface area contributed by atoms with Gasteiger partial charge < -0.3 is 14.9 Å². The fourth-order valence-corrected chi connectivity index (χ4v) is 1.53. The van der Waals surface area contributed by atoms with Gasteiger partial charge in [-0.05, 0) is 17.7 Å². The second kappa shape index (κ2) is 5.14. The number of benzene rings is 1. The normalized spacial score (nSPS) is 12.4. The molecule has 1 atom stereocenters. The van der Waals surface area contributed by atoms with Gasteiger partial charge in [0.1, 0.15) is 5.75 Å². The van der Waals surface area contributed by atoms with Crippen LogP contribution in [0.2, 0.25) is 0 Å². The summed E-state index contributed by atoms with van der Waals surface area (Å²) in [4.78, 5) is 10.7. The molecule has 2 N–H and O–H groups in total. The number of aliphatic carboxylic acids is 1. The standard InChI is InChI=1S/C10H11BrO4/c1-15-9(10(13)14)4-6-2-3-7(11)5-8(6)12/h2-3,5,9,12H,4H2,1H3,(H,13,14). The van der Waals surface area contributed by atoms with E-state index in [1.165, 1.54) is 13.2 Å². The molecule has 1 aromatic carbocycles. The number of phenolic OH excluding ortho intramolecular Hbond substituents is 1. The van der Waals surface area contributed by atoms with Crippen LogP contribution in [0.25, 0.3) is 0 Å². The summed E-state index contributed by atoms with van der Waals surface area (Å²) in [6.45, 7) is 0. The van der Waals surface area contributed by atoms with Gasteiger partial charge in [-0.2, -0.15) is 0 Å². The number of hydrogen-bond acceptors (Lipinski definition) is 3. The van der Waals surface area contributed by atoms with E-state index in [4.69, 9.17) is 9.84 Å². The Labute approximate surface area is 95.6 Å². The van der Waals surface area contributed by atoms with Crippen molar-refractivity contribution in [3.05, 3.63) is 28.2 Å². The van der Waals surface area contributed by atoms with Gasteiger partial charge in [0.05, 0.1) is 0 Å². The fraction of sp³-hybridized carbons (Fsp3) is 0.300. The Morgan fingerprint density at radius 1 is 1.60 bits per heavy atom. The summed E-state index contributed by atoms with van der Waals surface area (Å²) < 4.78 is 5.52. The van der Waals surface area contributed by atoms with Gasteiger partial charge in [-0.15, -0.1) is 0 Å². The zero-order chi connectivity index (χ0) is 11.4. The van der Waals surface area contributed by atoms with Crippen molar-refractivity contribution in [3.8, 4) is 5.75 Å². The van der Waals surface area contributed by atoms with Crippen molar-refractivity contribution < 1.29 is 19.7 Å². The van der Waals surface area contributed by atoms with Crippen LogP contribution in [0, 0.1) is 0 Å². The number of aromatic hydroxyl groups is 1. The van der Waals surface area contributed by atoms with Gasteiger partial charge in [0.2, 0.25) is 0 Å². The molecule has 0 aromatic heterocycles. The number of carboxylic acids is 1. The maximum atomic E-state index is 10.7. The van der Waals surface area contributed by atoms with Crippen LogP contribution in [0.4, 0.5) is 0 Å². The molecule has 1 aromatic rings. The molecule has 0 fully saturated rings. The lowest BCUT2D eigenvalue weighted by atomic mass is 10.1. The highest BCUT2D eigenvalue weighted by Gasteiger charge is 2.18. The molecule has 15 heavy (non-hydrogen) atoms. The van der Waals surface area contributed by atoms with Crippen LogP contribution >= 0.6 is 15.9 Å². The van der Waals surface area contributed by atoms with Crippen LogP contribution in [-0.2, 0) is 16.0 Å². The molecular formula is C10H11BrO4. The summed E-state index contributed by atoms with van der Waals surface area (Å²) in [7, 11) is 1.33. The molecule has 0 radical (unpaired) electrons. The molecule has 1 unspecified atom stereocenters. The smallest absolute Gasteiger partial charge is 0.333 e. The molecule has 4 nitrogen and oxygen atoms in total. The summed E-state index contributed by atoms with van der Waals surface area (Å²) in [5.74, 6) is -0.979. The van der Waals surface area contributed by atoms with Gasteiger partial charge in [-0.25, -0.2) is 4.79 Å². The first-order valence-electron chi connectivity index (χ1n) is 4.27. The fourth-order valence-electron chi connectivity index (χ4n) is 1.18. The first-order valence-corrected chi connectivity index (χ1v) is 5.07. The van der Waals surface area contributed by atoms with Gasteiger partial charge >= 0.3 is 5.97 Å². The van der Waals surface area contributed by atoms with E-state index in [1.807, 2.05) is 0 Å². The number of carbonyl (C=O) groups is 1. The summed E-state index contributed by atoms with van der Waals surface area (Å²) in [6.07, 6.45) is -0.789. The van der Waals surface area contributed by atoms with Crippen molar-refractivity contribution in [1.29, 1.82) is 0 Å². The Kier molecular flexibility index (Phi) is 4.11. The molecule has 0 amide bonds. The minimum Gasteiger partial charge on any atom is -0.508 e. The molecule has 82 valence electrons. The van der Waals surface area contributed by atoms with Gasteiger partial charge in [0.25, 0.3) is 0 Å². The second-order valence-corrected chi connectivity index (χ2v) is 3.96. The van der Waals surface area contributed by atoms with Crippen molar-refractivity contribution in [1.82, 2.24) is 0 Å². The highest BCUT2D eigenvalue weighted by molar-refractivity contribution is 9.10. The summed E-state index contributed by atoms with van der Waals surface area (Å²) in [5.41, 5.74) is 0.549. The molecule has 0 bridgehead atoms. The minimum atomic E-state index is -1.04. The number of ether oxygens (including phenoxy) is 1. The molecule has 0 saturated carbocycles. The van der Waals surface area contributed by atoms with E-state index in [1.54, 1.807) is 12.1 Å². The molecule has 0 heterocycles. The van der Waals surface area contributed by atoms with Crippen molar-refractivity contribution in [2.24, 2.45) is 0 Å². The molecular weight excluding hydrogens is 264 g/mol. The van der Waals surface area contributed by atoms with E-state index < -0.39 is 12.1 Å². The third kappa shape index (κ3) is 3.21. The maximum absolute atomic E-state index is 10.7. The zero-order valence-electron chi connectivity index (χ0n) is 8.11. The Bertz CT molecular complexity index is 364. The Morgan fingerprint density at radius 2 is 2.27 bits per heavy atom. The van der Waals surface area contributed by atoms with E-state index in [9.17, 15) is 9.90 Å². The summed E-state index contributed by atoms with van der Waals surface area (Å²) in [5, 5.41) is 18.3. The summed E-state index contributed by atoms with van der Waals surface area (Å²) >= 11 is 3.20. The Hall–Kier alpha value is -1.07. The van der Waals surface area contributed by atoms with E-state index in [-0.39, 0.29) is 12.2 Å². The lowest BCUT2D eigenvalue weighted by molar-refractivity contribution is -0.148. The van der Waals surface area contributed by atoms with Gasteiger partial charge in [-0.3, -0.25) is 0 Å². The topological polar surface area (TPSA) is 66.8 Å². The molecule has 0 spiro atoms. The van der Waals surface area contributed by atoms with Gasteiger partial charge in [0, 0.05) is 18.0 Å². The number of methoxy groups -OCH3 is 1. The Morgan fingerprint density at radius 3 is 2.73 bits per heavy atom. The summed E-state index contributed by atoms with van der Waals surface area (Å²) in [6, 6.07) is 4.92. The number of carboxylic acid groups (broad SMARTS) is 1. The first-order chi connectivity index (χ1) is 7.04. The van der Waals surface area contributed by atoms with Crippen LogP contribution in [0.1, 0.15) is 5.56 Å². The SMILES string of the molecule is COC(Cc1ccc(Br)cc1O)C(=O)O. The van der Waals surface area contributed by atoms with Crippen LogP contribution in [0.5, 0.6) is 5.75 Å². The molecule has 0 aliphatic rings. The Balaban J connectivity index is 2.84.